The Kier molecular flexibility index (Phi) is 2.02. The summed E-state index contributed by atoms with van der Waals surface area (Å²) in [7, 11) is 0. The van der Waals surface area contributed by atoms with Crippen LogP contribution in [0.5, 0.6) is 5.75 Å². The van der Waals surface area contributed by atoms with Gasteiger partial charge in [-0.3, -0.25) is 0 Å². The van der Waals surface area contributed by atoms with E-state index < -0.39 is 0 Å². The van der Waals surface area contributed by atoms with Gasteiger partial charge in [0.15, 0.2) is 0 Å². The summed E-state index contributed by atoms with van der Waals surface area (Å²) in [4.78, 5) is 0. The zero-order valence-corrected chi connectivity index (χ0v) is 8.52. The smallest absolute Gasteiger partial charge is 0.139 e. The zero-order chi connectivity index (χ0) is 8.72. The summed E-state index contributed by atoms with van der Waals surface area (Å²) in [6.07, 6.45) is 0. The average Bonchev–Trinajstić information content (AvgIpc) is 2.41. The molecule has 1 aliphatic heterocycles. The molecular weight excluding hydrogens is 241 g/mol. The first-order chi connectivity index (χ1) is 5.70. The molecule has 12 heavy (non-hydrogen) atoms. The van der Waals surface area contributed by atoms with Gasteiger partial charge in [-0.05, 0) is 22.0 Å². The maximum atomic E-state index is 5.87. The van der Waals surface area contributed by atoms with E-state index >= 15 is 0 Å². The summed E-state index contributed by atoms with van der Waals surface area (Å²) < 4.78 is 6.17. The van der Waals surface area contributed by atoms with Crippen molar-refractivity contribution in [3.05, 3.63) is 27.2 Å². The summed E-state index contributed by atoms with van der Waals surface area (Å²) in [5, 5.41) is 0.655. The fourth-order valence-corrected chi connectivity index (χ4v) is 1.87. The monoisotopic (exact) mass is 247 g/mol. The Balaban J connectivity index is 2.60. The van der Waals surface area contributed by atoms with E-state index in [1.54, 1.807) is 0 Å². The zero-order valence-electron chi connectivity index (χ0n) is 6.18. The first kappa shape index (κ1) is 8.35. The van der Waals surface area contributed by atoms with Crippen LogP contribution in [0.4, 0.5) is 0 Å². The minimum Gasteiger partial charge on any atom is -0.490 e. The maximum absolute atomic E-state index is 5.87. The van der Waals surface area contributed by atoms with Crippen LogP contribution in [0.1, 0.15) is 11.6 Å². The molecule has 0 aromatic heterocycles. The van der Waals surface area contributed by atoms with Crippen LogP contribution in [0.3, 0.4) is 0 Å². The summed E-state index contributed by atoms with van der Waals surface area (Å²) in [5.41, 5.74) is 6.80. The molecule has 0 radical (unpaired) electrons. The normalized spacial score (nSPS) is 20.4. The van der Waals surface area contributed by atoms with Gasteiger partial charge in [0, 0.05) is 5.56 Å². The highest BCUT2D eigenvalue weighted by Crippen LogP contribution is 2.41. The first-order valence-electron chi connectivity index (χ1n) is 3.56. The molecule has 0 unspecified atom stereocenters. The Bertz CT molecular complexity index is 329. The molecule has 0 saturated heterocycles. The highest BCUT2D eigenvalue weighted by molar-refractivity contribution is 9.10. The van der Waals surface area contributed by atoms with Crippen LogP contribution >= 0.6 is 27.5 Å². The third-order valence-electron chi connectivity index (χ3n) is 1.89. The minimum absolute atomic E-state index is 0.0198. The van der Waals surface area contributed by atoms with Crippen molar-refractivity contribution in [1.29, 1.82) is 0 Å². The number of fused-ring (bicyclic) bond motifs is 1. The number of nitrogens with two attached hydrogens (primary N) is 1. The third-order valence-corrected chi connectivity index (χ3v) is 3.22. The molecule has 1 aliphatic rings. The van der Waals surface area contributed by atoms with Crippen LogP contribution in [-0.4, -0.2) is 6.61 Å². The fourth-order valence-electron chi connectivity index (χ4n) is 1.25. The number of rotatable bonds is 0. The van der Waals surface area contributed by atoms with Crippen molar-refractivity contribution in [3.63, 3.8) is 0 Å². The van der Waals surface area contributed by atoms with E-state index in [1.165, 1.54) is 0 Å². The molecule has 0 aliphatic carbocycles. The van der Waals surface area contributed by atoms with Gasteiger partial charge in [0.05, 0.1) is 15.5 Å². The standard InChI is InChI=1S/C8H7BrClNO/c9-7-5(10)2-1-4-6(11)3-12-8(4)7/h1-2,6H,3,11H2/t6-/m0/s1. The van der Waals surface area contributed by atoms with Crippen molar-refractivity contribution in [2.75, 3.05) is 6.61 Å². The molecule has 2 nitrogen and oxygen atoms in total. The topological polar surface area (TPSA) is 35.2 Å². The third kappa shape index (κ3) is 1.13. The molecular formula is C8H7BrClNO. The van der Waals surface area contributed by atoms with Gasteiger partial charge in [-0.1, -0.05) is 17.7 Å². The summed E-state index contributed by atoms with van der Waals surface area (Å²) in [5.74, 6) is 0.787. The quantitative estimate of drug-likeness (QED) is 0.766. The lowest BCUT2D eigenvalue weighted by Gasteiger charge is -2.03. The molecule has 0 amide bonds. The van der Waals surface area contributed by atoms with E-state index in [1.807, 2.05) is 12.1 Å². The number of benzene rings is 1. The number of ether oxygens (including phenoxy) is 1. The van der Waals surface area contributed by atoms with Crippen LogP contribution in [0.15, 0.2) is 16.6 Å². The molecule has 4 heteroatoms. The molecule has 0 fully saturated rings. The van der Waals surface area contributed by atoms with Crippen molar-refractivity contribution in [3.8, 4) is 5.75 Å². The van der Waals surface area contributed by atoms with Gasteiger partial charge in [-0.2, -0.15) is 0 Å². The van der Waals surface area contributed by atoms with E-state index in [9.17, 15) is 0 Å². The predicted octanol–water partition coefficient (Wildman–Crippen LogP) is 2.49. The SMILES string of the molecule is N[C@H]1COc2c1ccc(Cl)c2Br. The van der Waals surface area contributed by atoms with Crippen LogP contribution in [-0.2, 0) is 0 Å². The Morgan fingerprint density at radius 3 is 3.08 bits per heavy atom. The second-order valence-corrected chi connectivity index (χ2v) is 3.90. The Hall–Kier alpha value is -0.250. The van der Waals surface area contributed by atoms with Crippen molar-refractivity contribution in [1.82, 2.24) is 0 Å². The first-order valence-corrected chi connectivity index (χ1v) is 4.73. The summed E-state index contributed by atoms with van der Waals surface area (Å²) >= 11 is 9.22. The molecule has 1 atom stereocenters. The summed E-state index contributed by atoms with van der Waals surface area (Å²) in [6, 6.07) is 3.70. The van der Waals surface area contributed by atoms with Crippen molar-refractivity contribution < 1.29 is 4.74 Å². The number of halogens is 2. The van der Waals surface area contributed by atoms with Gasteiger partial charge >= 0.3 is 0 Å². The molecule has 64 valence electrons. The van der Waals surface area contributed by atoms with Crippen molar-refractivity contribution >= 4 is 27.5 Å². The minimum atomic E-state index is -0.0198. The lowest BCUT2D eigenvalue weighted by atomic mass is 10.1. The molecule has 1 heterocycles. The second kappa shape index (κ2) is 2.91. The van der Waals surface area contributed by atoms with E-state index in [0.717, 1.165) is 15.8 Å². The lowest BCUT2D eigenvalue weighted by Crippen LogP contribution is -2.10. The average molecular weight is 249 g/mol. The molecule has 2 rings (SSSR count). The molecule has 0 spiro atoms. The van der Waals surface area contributed by atoms with E-state index in [-0.39, 0.29) is 6.04 Å². The van der Waals surface area contributed by atoms with Crippen LogP contribution < -0.4 is 10.5 Å². The highest BCUT2D eigenvalue weighted by atomic mass is 79.9. The van der Waals surface area contributed by atoms with Crippen LogP contribution in [0, 0.1) is 0 Å². The summed E-state index contributed by atoms with van der Waals surface area (Å²) in [6.45, 7) is 0.536. The van der Waals surface area contributed by atoms with Crippen molar-refractivity contribution in [2.45, 2.75) is 6.04 Å². The van der Waals surface area contributed by atoms with E-state index in [4.69, 9.17) is 22.1 Å². The molecule has 0 saturated carbocycles. The largest absolute Gasteiger partial charge is 0.490 e. The molecule has 2 N–H and O–H groups in total. The van der Waals surface area contributed by atoms with Gasteiger partial charge in [0.2, 0.25) is 0 Å². The fraction of sp³-hybridized carbons (Fsp3) is 0.250. The maximum Gasteiger partial charge on any atom is 0.139 e. The van der Waals surface area contributed by atoms with Gasteiger partial charge in [-0.25, -0.2) is 0 Å². The highest BCUT2D eigenvalue weighted by Gasteiger charge is 2.23. The van der Waals surface area contributed by atoms with Crippen LogP contribution in [0.25, 0.3) is 0 Å². The number of hydrogen-bond donors (Lipinski definition) is 1. The Morgan fingerprint density at radius 2 is 2.33 bits per heavy atom. The lowest BCUT2D eigenvalue weighted by molar-refractivity contribution is 0.332. The Labute approximate surface area is 83.8 Å². The Morgan fingerprint density at radius 1 is 1.58 bits per heavy atom. The van der Waals surface area contributed by atoms with Gasteiger partial charge in [0.1, 0.15) is 12.4 Å². The van der Waals surface area contributed by atoms with Gasteiger partial charge in [0.25, 0.3) is 0 Å². The van der Waals surface area contributed by atoms with Gasteiger partial charge < -0.3 is 10.5 Å². The molecule has 1 aromatic rings. The van der Waals surface area contributed by atoms with Gasteiger partial charge in [-0.15, -0.1) is 0 Å². The van der Waals surface area contributed by atoms with Crippen LogP contribution in [0.2, 0.25) is 5.02 Å². The molecule has 0 bridgehead atoms. The van der Waals surface area contributed by atoms with E-state index in [0.29, 0.717) is 11.6 Å². The second-order valence-electron chi connectivity index (χ2n) is 2.70. The number of hydrogen-bond acceptors (Lipinski definition) is 2. The predicted molar refractivity (Wildman–Crippen MR) is 51.6 cm³/mol. The molecule has 1 aromatic carbocycles. The van der Waals surface area contributed by atoms with Crippen molar-refractivity contribution in [2.24, 2.45) is 5.73 Å². The van der Waals surface area contributed by atoms with E-state index in [2.05, 4.69) is 15.9 Å².